The molecule has 2 aromatic rings. The molecule has 1 aromatic carbocycles. The molecule has 2 N–H and O–H groups in total. The molecular formula is C15H14Cl2N2O3. The molecule has 2 amide bonds. The summed E-state index contributed by atoms with van der Waals surface area (Å²) in [5, 5.41) is 6.21. The lowest BCUT2D eigenvalue weighted by molar-refractivity contribution is -0.120. The van der Waals surface area contributed by atoms with Crippen molar-refractivity contribution in [1.29, 1.82) is 0 Å². The van der Waals surface area contributed by atoms with E-state index in [1.54, 1.807) is 31.2 Å². The molecule has 0 aliphatic rings. The molecule has 116 valence electrons. The van der Waals surface area contributed by atoms with Crippen LogP contribution in [0.2, 0.25) is 10.0 Å². The number of hydrogen-bond donors (Lipinski definition) is 2. The molecule has 0 spiro atoms. The summed E-state index contributed by atoms with van der Waals surface area (Å²) in [4.78, 5) is 23.5. The first-order chi connectivity index (χ1) is 10.5. The van der Waals surface area contributed by atoms with Crippen molar-refractivity contribution >= 4 is 35.0 Å². The topological polar surface area (TPSA) is 71.3 Å². The van der Waals surface area contributed by atoms with E-state index in [-0.39, 0.29) is 24.3 Å². The molecule has 0 saturated carbocycles. The Hall–Kier alpha value is -1.98. The summed E-state index contributed by atoms with van der Waals surface area (Å²) in [5.41, 5.74) is 0.747. The molecule has 5 nitrogen and oxygen atoms in total. The third-order valence-electron chi connectivity index (χ3n) is 2.96. The molecule has 0 aliphatic heterocycles. The van der Waals surface area contributed by atoms with Crippen molar-refractivity contribution in [3.05, 3.63) is 58.0 Å². The predicted octanol–water partition coefficient (Wildman–Crippen LogP) is 3.19. The zero-order chi connectivity index (χ0) is 16.1. The van der Waals surface area contributed by atoms with Gasteiger partial charge in [-0.15, -0.1) is 0 Å². The van der Waals surface area contributed by atoms with Crippen molar-refractivity contribution in [3.8, 4) is 0 Å². The Morgan fingerprint density at radius 1 is 1.27 bits per heavy atom. The van der Waals surface area contributed by atoms with Gasteiger partial charge in [-0.3, -0.25) is 9.59 Å². The van der Waals surface area contributed by atoms with Gasteiger partial charge in [0, 0.05) is 10.0 Å². The third-order valence-corrected chi connectivity index (χ3v) is 3.52. The Balaban J connectivity index is 1.87. The maximum atomic E-state index is 11.9. The molecule has 7 heteroatoms. The van der Waals surface area contributed by atoms with Gasteiger partial charge in [-0.25, -0.2) is 0 Å². The second kappa shape index (κ2) is 7.33. The Morgan fingerprint density at radius 3 is 2.68 bits per heavy atom. The Labute approximate surface area is 137 Å². The van der Waals surface area contributed by atoms with Crippen LogP contribution in [0, 0.1) is 0 Å². The largest absolute Gasteiger partial charge is 0.459 e. The molecule has 0 fully saturated rings. The number of amides is 2. The lowest BCUT2D eigenvalue weighted by Crippen LogP contribution is -2.38. The maximum Gasteiger partial charge on any atom is 0.287 e. The highest BCUT2D eigenvalue weighted by Gasteiger charge is 2.14. The Kier molecular flexibility index (Phi) is 5.46. The first kappa shape index (κ1) is 16.4. The number of carbonyl (C=O) groups is 2. The highest BCUT2D eigenvalue weighted by molar-refractivity contribution is 6.35. The van der Waals surface area contributed by atoms with Crippen LogP contribution in [-0.4, -0.2) is 18.4 Å². The van der Waals surface area contributed by atoms with Crippen LogP contribution in [0.3, 0.4) is 0 Å². The molecule has 0 aliphatic carbocycles. The van der Waals surface area contributed by atoms with E-state index in [0.29, 0.717) is 10.0 Å². The summed E-state index contributed by atoms with van der Waals surface area (Å²) < 4.78 is 4.93. The molecular weight excluding hydrogens is 327 g/mol. The molecule has 0 unspecified atom stereocenters. The van der Waals surface area contributed by atoms with Crippen molar-refractivity contribution in [2.45, 2.75) is 13.0 Å². The molecule has 2 rings (SSSR count). The first-order valence-electron chi connectivity index (χ1n) is 6.53. The number of hydrogen-bond acceptors (Lipinski definition) is 3. The molecule has 0 saturated heterocycles. The van der Waals surface area contributed by atoms with Crippen molar-refractivity contribution in [2.75, 3.05) is 6.54 Å². The number of nitrogens with one attached hydrogen (secondary N) is 2. The zero-order valence-electron chi connectivity index (χ0n) is 11.7. The third kappa shape index (κ3) is 4.26. The number of benzene rings is 1. The van der Waals surface area contributed by atoms with E-state index in [4.69, 9.17) is 27.6 Å². The van der Waals surface area contributed by atoms with Crippen LogP contribution in [0.1, 0.15) is 29.1 Å². The van der Waals surface area contributed by atoms with E-state index in [1.807, 2.05) is 0 Å². The van der Waals surface area contributed by atoms with Gasteiger partial charge < -0.3 is 15.1 Å². The average molecular weight is 341 g/mol. The Morgan fingerprint density at radius 2 is 2.05 bits per heavy atom. The summed E-state index contributed by atoms with van der Waals surface area (Å²) in [6.07, 6.45) is 1.39. The first-order valence-corrected chi connectivity index (χ1v) is 7.29. The normalized spacial score (nSPS) is 11.8. The minimum absolute atomic E-state index is 0.154. The summed E-state index contributed by atoms with van der Waals surface area (Å²) in [6, 6.07) is 7.86. The molecule has 22 heavy (non-hydrogen) atoms. The van der Waals surface area contributed by atoms with E-state index in [2.05, 4.69) is 10.6 Å². The zero-order valence-corrected chi connectivity index (χ0v) is 13.2. The smallest absolute Gasteiger partial charge is 0.287 e. The SMILES string of the molecule is C[C@H](NC(=O)CNC(=O)c1ccco1)c1ccc(Cl)cc1Cl. The van der Waals surface area contributed by atoms with Crippen LogP contribution >= 0.6 is 23.2 Å². The monoisotopic (exact) mass is 340 g/mol. The van der Waals surface area contributed by atoms with E-state index in [0.717, 1.165) is 5.56 Å². The lowest BCUT2D eigenvalue weighted by Gasteiger charge is -2.16. The van der Waals surface area contributed by atoms with E-state index >= 15 is 0 Å². The number of carbonyl (C=O) groups excluding carboxylic acids is 2. The van der Waals surface area contributed by atoms with Crippen LogP contribution in [0.4, 0.5) is 0 Å². The van der Waals surface area contributed by atoms with Gasteiger partial charge in [-0.1, -0.05) is 29.3 Å². The van der Waals surface area contributed by atoms with Crippen molar-refractivity contribution < 1.29 is 14.0 Å². The standard InChI is InChI=1S/C15H14Cl2N2O3/c1-9(11-5-4-10(16)7-12(11)17)19-14(20)8-18-15(21)13-3-2-6-22-13/h2-7,9H,8H2,1H3,(H,18,21)(H,19,20)/t9-/m0/s1. The van der Waals surface area contributed by atoms with Crippen molar-refractivity contribution in [3.63, 3.8) is 0 Å². The fourth-order valence-electron chi connectivity index (χ4n) is 1.88. The summed E-state index contributed by atoms with van der Waals surface area (Å²) in [6.45, 7) is 1.64. The highest BCUT2D eigenvalue weighted by atomic mass is 35.5. The van der Waals surface area contributed by atoms with Crippen LogP contribution in [0.25, 0.3) is 0 Å². The van der Waals surface area contributed by atoms with Gasteiger partial charge in [0.15, 0.2) is 5.76 Å². The van der Waals surface area contributed by atoms with Gasteiger partial charge in [0.25, 0.3) is 5.91 Å². The predicted molar refractivity (Wildman–Crippen MR) is 84.1 cm³/mol. The van der Waals surface area contributed by atoms with Crippen LogP contribution < -0.4 is 10.6 Å². The minimum atomic E-state index is -0.447. The van der Waals surface area contributed by atoms with Gasteiger partial charge in [0.2, 0.25) is 5.91 Å². The molecule has 1 heterocycles. The molecule has 0 bridgehead atoms. The fourth-order valence-corrected chi connectivity index (χ4v) is 2.45. The minimum Gasteiger partial charge on any atom is -0.459 e. The molecule has 1 atom stereocenters. The number of rotatable bonds is 5. The number of furan rings is 1. The van der Waals surface area contributed by atoms with Crippen LogP contribution in [0.15, 0.2) is 41.0 Å². The van der Waals surface area contributed by atoms with Crippen LogP contribution in [-0.2, 0) is 4.79 Å². The van der Waals surface area contributed by atoms with Gasteiger partial charge in [-0.05, 0) is 36.8 Å². The second-order valence-corrected chi connectivity index (χ2v) is 5.46. The molecule has 0 radical (unpaired) electrons. The maximum absolute atomic E-state index is 11.9. The van der Waals surface area contributed by atoms with Crippen molar-refractivity contribution in [1.82, 2.24) is 10.6 Å². The van der Waals surface area contributed by atoms with Gasteiger partial charge >= 0.3 is 0 Å². The average Bonchev–Trinajstić information content (AvgIpc) is 2.98. The van der Waals surface area contributed by atoms with Gasteiger partial charge in [-0.2, -0.15) is 0 Å². The quantitative estimate of drug-likeness (QED) is 0.877. The molecule has 1 aromatic heterocycles. The lowest BCUT2D eigenvalue weighted by atomic mass is 10.1. The fraction of sp³-hybridized carbons (Fsp3) is 0.200. The van der Waals surface area contributed by atoms with Crippen LogP contribution in [0.5, 0.6) is 0 Å². The van der Waals surface area contributed by atoms with Crippen molar-refractivity contribution in [2.24, 2.45) is 0 Å². The van der Waals surface area contributed by atoms with E-state index in [9.17, 15) is 9.59 Å². The Bertz CT molecular complexity index is 671. The summed E-state index contributed by atoms with van der Waals surface area (Å²) >= 11 is 11.9. The van der Waals surface area contributed by atoms with E-state index in [1.165, 1.54) is 12.3 Å². The summed E-state index contributed by atoms with van der Waals surface area (Å²) in [7, 11) is 0. The highest BCUT2D eigenvalue weighted by Crippen LogP contribution is 2.25. The van der Waals surface area contributed by atoms with Gasteiger partial charge in [0.05, 0.1) is 18.8 Å². The number of halogens is 2. The van der Waals surface area contributed by atoms with E-state index < -0.39 is 5.91 Å². The summed E-state index contributed by atoms with van der Waals surface area (Å²) in [5.74, 6) is -0.627. The van der Waals surface area contributed by atoms with Gasteiger partial charge in [0.1, 0.15) is 0 Å². The second-order valence-electron chi connectivity index (χ2n) is 4.62.